The fourth-order valence-electron chi connectivity index (χ4n) is 1.66. The van der Waals surface area contributed by atoms with Gasteiger partial charge in [-0.25, -0.2) is 0 Å². The number of piperidine rings is 1. The quantitative estimate of drug-likeness (QED) is 0.705. The van der Waals surface area contributed by atoms with E-state index >= 15 is 0 Å². The summed E-state index contributed by atoms with van der Waals surface area (Å²) in [5.41, 5.74) is 0. The molecule has 0 atom stereocenters. The van der Waals surface area contributed by atoms with Crippen molar-refractivity contribution in [2.75, 3.05) is 45.2 Å². The van der Waals surface area contributed by atoms with Crippen LogP contribution in [0.4, 0.5) is 0 Å². The molecule has 0 spiro atoms. The first-order chi connectivity index (χ1) is 7.63. The second-order valence-electron chi connectivity index (χ2n) is 4.15. The predicted molar refractivity (Wildman–Crippen MR) is 66.7 cm³/mol. The number of carbonyl (C=O) groups excluding carboxylic acids is 2. The second kappa shape index (κ2) is 6.91. The van der Waals surface area contributed by atoms with Crippen molar-refractivity contribution < 1.29 is 9.59 Å². The summed E-state index contributed by atoms with van der Waals surface area (Å²) < 4.78 is 0. The molecular weight excluding hydrogens is 224 g/mol. The van der Waals surface area contributed by atoms with Crippen molar-refractivity contribution in [1.82, 2.24) is 9.80 Å². The average molecular weight is 244 g/mol. The van der Waals surface area contributed by atoms with Crippen molar-refractivity contribution in [3.05, 3.63) is 0 Å². The summed E-state index contributed by atoms with van der Waals surface area (Å²) >= 11 is 1.78. The molecule has 1 fully saturated rings. The Balaban J connectivity index is 2.26. The number of amides is 1. The smallest absolute Gasteiger partial charge is 0.236 e. The lowest BCUT2D eigenvalue weighted by Gasteiger charge is -2.28. The SMILES string of the molecule is CSCCN(C)CC(=O)N1CCC(=O)CC1. The van der Waals surface area contributed by atoms with Crippen molar-refractivity contribution in [1.29, 1.82) is 0 Å². The summed E-state index contributed by atoms with van der Waals surface area (Å²) in [5, 5.41) is 0. The van der Waals surface area contributed by atoms with Crippen LogP contribution in [0.1, 0.15) is 12.8 Å². The van der Waals surface area contributed by atoms with Gasteiger partial charge in [0.15, 0.2) is 0 Å². The molecule has 0 aromatic carbocycles. The molecule has 1 aliphatic heterocycles. The molecule has 0 aromatic rings. The minimum atomic E-state index is 0.149. The van der Waals surface area contributed by atoms with Gasteiger partial charge < -0.3 is 4.90 Å². The molecule has 5 heteroatoms. The number of Topliss-reactive ketones (excluding diaryl/α,β-unsaturated/α-hetero) is 1. The maximum atomic E-state index is 11.8. The van der Waals surface area contributed by atoms with Crippen molar-refractivity contribution in [3.8, 4) is 0 Å². The normalized spacial score (nSPS) is 16.9. The lowest BCUT2D eigenvalue weighted by molar-refractivity contribution is -0.135. The first-order valence-electron chi connectivity index (χ1n) is 5.60. The molecule has 0 saturated carbocycles. The van der Waals surface area contributed by atoms with Crippen molar-refractivity contribution in [2.45, 2.75) is 12.8 Å². The molecule has 1 rings (SSSR count). The number of nitrogens with zero attached hydrogens (tertiary/aromatic N) is 2. The zero-order valence-corrected chi connectivity index (χ0v) is 10.9. The lowest BCUT2D eigenvalue weighted by atomic mass is 10.1. The molecule has 0 N–H and O–H groups in total. The van der Waals surface area contributed by atoms with E-state index in [0.29, 0.717) is 32.5 Å². The molecular formula is C11H20N2O2S. The van der Waals surface area contributed by atoms with Gasteiger partial charge in [-0.2, -0.15) is 11.8 Å². The average Bonchev–Trinajstić information content (AvgIpc) is 2.27. The Kier molecular flexibility index (Phi) is 5.84. The Morgan fingerprint density at radius 2 is 2.06 bits per heavy atom. The second-order valence-corrected chi connectivity index (χ2v) is 5.14. The van der Waals surface area contributed by atoms with Crippen molar-refractivity contribution in [3.63, 3.8) is 0 Å². The predicted octanol–water partition coefficient (Wildman–Crippen LogP) is 0.473. The third-order valence-corrected chi connectivity index (χ3v) is 3.35. The highest BCUT2D eigenvalue weighted by Crippen LogP contribution is 2.06. The number of carbonyl (C=O) groups is 2. The first-order valence-corrected chi connectivity index (χ1v) is 7.00. The number of thioether (sulfide) groups is 1. The van der Waals surface area contributed by atoms with Crippen LogP contribution in [0.15, 0.2) is 0 Å². The maximum absolute atomic E-state index is 11.8. The monoisotopic (exact) mass is 244 g/mol. The summed E-state index contributed by atoms with van der Waals surface area (Å²) in [4.78, 5) is 26.7. The van der Waals surface area contributed by atoms with E-state index in [1.54, 1.807) is 16.7 Å². The Morgan fingerprint density at radius 1 is 1.44 bits per heavy atom. The van der Waals surface area contributed by atoms with Gasteiger partial charge in [-0.05, 0) is 13.3 Å². The van der Waals surface area contributed by atoms with Crippen molar-refractivity contribution >= 4 is 23.5 Å². The fraction of sp³-hybridized carbons (Fsp3) is 0.818. The molecule has 0 bridgehead atoms. The van der Waals surface area contributed by atoms with Crippen LogP contribution < -0.4 is 0 Å². The molecule has 92 valence electrons. The van der Waals surface area contributed by atoms with E-state index in [4.69, 9.17) is 0 Å². The van der Waals surface area contributed by atoms with Crippen LogP contribution in [0.3, 0.4) is 0 Å². The Labute approximate surface area is 101 Å². The van der Waals surface area contributed by atoms with Crippen LogP contribution in [-0.2, 0) is 9.59 Å². The van der Waals surface area contributed by atoms with Crippen LogP contribution in [0.2, 0.25) is 0 Å². The molecule has 1 saturated heterocycles. The number of likely N-dealkylation sites (N-methyl/N-ethyl adjacent to an activating group) is 1. The number of hydrogen-bond acceptors (Lipinski definition) is 4. The van der Waals surface area contributed by atoms with Gasteiger partial charge in [0.25, 0.3) is 0 Å². The van der Waals surface area contributed by atoms with Gasteiger partial charge in [0, 0.05) is 38.2 Å². The Morgan fingerprint density at radius 3 is 2.62 bits per heavy atom. The van der Waals surface area contributed by atoms with E-state index in [9.17, 15) is 9.59 Å². The van der Waals surface area contributed by atoms with E-state index in [1.807, 2.05) is 11.9 Å². The van der Waals surface area contributed by atoms with Gasteiger partial charge in [-0.15, -0.1) is 0 Å². The molecule has 0 unspecified atom stereocenters. The largest absolute Gasteiger partial charge is 0.341 e. The molecule has 1 amide bonds. The van der Waals surface area contributed by atoms with Gasteiger partial charge in [0.05, 0.1) is 6.54 Å². The van der Waals surface area contributed by atoms with Gasteiger partial charge in [-0.1, -0.05) is 0 Å². The number of ketones is 1. The molecule has 1 aliphatic rings. The van der Waals surface area contributed by atoms with E-state index < -0.39 is 0 Å². The van der Waals surface area contributed by atoms with Crippen molar-refractivity contribution in [2.24, 2.45) is 0 Å². The van der Waals surface area contributed by atoms with Crippen LogP contribution in [0.5, 0.6) is 0 Å². The summed E-state index contributed by atoms with van der Waals surface area (Å²) in [6.07, 6.45) is 3.12. The van der Waals surface area contributed by atoms with E-state index in [0.717, 1.165) is 12.3 Å². The minimum absolute atomic E-state index is 0.149. The maximum Gasteiger partial charge on any atom is 0.236 e. The Hall–Kier alpha value is -0.550. The zero-order chi connectivity index (χ0) is 12.0. The third kappa shape index (κ3) is 4.53. The molecule has 4 nitrogen and oxygen atoms in total. The fourth-order valence-corrected chi connectivity index (χ4v) is 2.16. The minimum Gasteiger partial charge on any atom is -0.341 e. The highest BCUT2D eigenvalue weighted by atomic mass is 32.2. The molecule has 1 heterocycles. The molecule has 0 aliphatic carbocycles. The summed E-state index contributed by atoms with van der Waals surface area (Å²) in [5.74, 6) is 1.47. The van der Waals surface area contributed by atoms with Gasteiger partial charge in [-0.3, -0.25) is 14.5 Å². The van der Waals surface area contributed by atoms with Gasteiger partial charge in [0.2, 0.25) is 5.91 Å². The van der Waals surface area contributed by atoms with Crippen LogP contribution in [0.25, 0.3) is 0 Å². The number of likely N-dealkylation sites (tertiary alicyclic amines) is 1. The molecule has 0 aromatic heterocycles. The Bertz CT molecular complexity index is 248. The van der Waals surface area contributed by atoms with E-state index in [1.165, 1.54) is 0 Å². The summed E-state index contributed by atoms with van der Waals surface area (Å²) in [6, 6.07) is 0. The van der Waals surface area contributed by atoms with E-state index in [-0.39, 0.29) is 11.7 Å². The zero-order valence-electron chi connectivity index (χ0n) is 10.1. The van der Waals surface area contributed by atoms with Gasteiger partial charge >= 0.3 is 0 Å². The third-order valence-electron chi connectivity index (χ3n) is 2.76. The number of rotatable bonds is 5. The van der Waals surface area contributed by atoms with Crippen LogP contribution >= 0.6 is 11.8 Å². The summed E-state index contributed by atoms with van der Waals surface area (Å²) in [7, 11) is 1.96. The van der Waals surface area contributed by atoms with E-state index in [2.05, 4.69) is 6.26 Å². The summed E-state index contributed by atoms with van der Waals surface area (Å²) in [6.45, 7) is 2.61. The van der Waals surface area contributed by atoms with Crippen LogP contribution in [-0.4, -0.2) is 66.7 Å². The topological polar surface area (TPSA) is 40.6 Å². The lowest BCUT2D eigenvalue weighted by Crippen LogP contribution is -2.43. The molecule has 0 radical (unpaired) electrons. The highest BCUT2D eigenvalue weighted by Gasteiger charge is 2.21. The first kappa shape index (κ1) is 13.5. The highest BCUT2D eigenvalue weighted by molar-refractivity contribution is 7.98. The standard InChI is InChI=1S/C11H20N2O2S/c1-12(7-8-16-2)9-11(15)13-5-3-10(14)4-6-13/h3-9H2,1-2H3. The number of hydrogen-bond donors (Lipinski definition) is 0. The van der Waals surface area contributed by atoms with Crippen LogP contribution in [0, 0.1) is 0 Å². The molecule has 16 heavy (non-hydrogen) atoms. The van der Waals surface area contributed by atoms with Gasteiger partial charge in [0.1, 0.15) is 5.78 Å².